The Morgan fingerprint density at radius 2 is 2.00 bits per heavy atom. The van der Waals surface area contributed by atoms with Crippen molar-refractivity contribution in [1.82, 2.24) is 4.98 Å². The molecule has 1 aliphatic carbocycles. The van der Waals surface area contributed by atoms with Crippen LogP contribution in [0.3, 0.4) is 0 Å². The van der Waals surface area contributed by atoms with Crippen LogP contribution in [0.5, 0.6) is 0 Å². The molecular weight excluding hydrogens is 532 g/mol. The smallest absolute Gasteiger partial charge is 0.243 e. The minimum Gasteiger partial charge on any atom is -0.315 e. The van der Waals surface area contributed by atoms with E-state index in [1.54, 1.807) is 23.7 Å². The number of hydrogen-bond donors (Lipinski definition) is 1. The Kier molecular flexibility index (Phi) is 8.23. The molecule has 0 radical (unpaired) electrons. The lowest BCUT2D eigenvalue weighted by Crippen LogP contribution is -2.19. The predicted octanol–water partition coefficient (Wildman–Crippen LogP) is 8.02. The van der Waals surface area contributed by atoms with E-state index < -0.39 is 5.25 Å². The number of hydrogen-bond acceptors (Lipinski definition) is 6. The zero-order valence-corrected chi connectivity index (χ0v) is 23.1. The highest BCUT2D eigenvalue weighted by molar-refractivity contribution is 8.00. The first-order chi connectivity index (χ1) is 18.5. The molecular formula is C30H25ClN4OS2. The molecule has 5 nitrogen and oxygen atoms in total. The van der Waals surface area contributed by atoms with E-state index in [0.717, 1.165) is 46.5 Å². The molecule has 4 aromatic rings. The normalized spacial score (nSPS) is 15.6. The van der Waals surface area contributed by atoms with Crippen LogP contribution >= 0.6 is 34.7 Å². The van der Waals surface area contributed by atoms with E-state index in [9.17, 15) is 10.1 Å². The monoisotopic (exact) mass is 556 g/mol. The van der Waals surface area contributed by atoms with Gasteiger partial charge in [0.2, 0.25) is 5.91 Å². The van der Waals surface area contributed by atoms with Crippen LogP contribution in [-0.2, 0) is 17.6 Å². The van der Waals surface area contributed by atoms with E-state index >= 15 is 0 Å². The first-order valence-electron chi connectivity index (χ1n) is 12.3. The molecule has 1 aliphatic rings. The Hall–Kier alpha value is -3.44. The molecule has 0 aliphatic heterocycles. The number of fused-ring (bicyclic) bond motifs is 1. The number of thiophene rings is 1. The van der Waals surface area contributed by atoms with Crippen LogP contribution in [0.2, 0.25) is 5.15 Å². The molecule has 2 atom stereocenters. The number of carbonyl (C=O) groups excluding carboxylic acids is 1. The third-order valence-electron chi connectivity index (χ3n) is 6.43. The Morgan fingerprint density at radius 3 is 2.74 bits per heavy atom. The predicted molar refractivity (Wildman–Crippen MR) is 157 cm³/mol. The maximum atomic E-state index is 13.6. The van der Waals surface area contributed by atoms with Crippen LogP contribution < -0.4 is 5.32 Å². The van der Waals surface area contributed by atoms with Gasteiger partial charge in [-0.3, -0.25) is 9.79 Å². The number of thioether (sulfide) groups is 1. The van der Waals surface area contributed by atoms with Crippen molar-refractivity contribution in [1.29, 1.82) is 5.26 Å². The van der Waals surface area contributed by atoms with Crippen LogP contribution in [0.4, 0.5) is 10.7 Å². The van der Waals surface area contributed by atoms with Crippen LogP contribution in [0.15, 0.2) is 82.8 Å². The number of pyridine rings is 1. The number of carbonyl (C=O) groups is 1. The molecule has 8 heteroatoms. The van der Waals surface area contributed by atoms with Gasteiger partial charge in [-0.05, 0) is 72.7 Å². The quantitative estimate of drug-likeness (QED) is 0.142. The molecule has 1 N–H and O–H groups in total. The number of nitriles is 1. The third-order valence-corrected chi connectivity index (χ3v) is 9.18. The summed E-state index contributed by atoms with van der Waals surface area (Å²) in [5.41, 5.74) is 4.15. The molecule has 38 heavy (non-hydrogen) atoms. The Bertz CT molecular complexity index is 1510. The largest absolute Gasteiger partial charge is 0.315 e. The van der Waals surface area contributed by atoms with Crippen LogP contribution in [-0.4, -0.2) is 17.1 Å². The number of benzene rings is 2. The fraction of sp³-hybridized carbons (Fsp3) is 0.200. The average molecular weight is 557 g/mol. The van der Waals surface area contributed by atoms with Crippen molar-refractivity contribution in [3.63, 3.8) is 0 Å². The lowest BCUT2D eigenvalue weighted by atomic mass is 9.88. The summed E-state index contributed by atoms with van der Waals surface area (Å²) in [6.45, 7) is 2.24. The van der Waals surface area contributed by atoms with E-state index in [-0.39, 0.29) is 5.91 Å². The van der Waals surface area contributed by atoms with Gasteiger partial charge in [-0.15, -0.1) is 23.1 Å². The zero-order chi connectivity index (χ0) is 26.5. The van der Waals surface area contributed by atoms with E-state index in [4.69, 9.17) is 11.6 Å². The highest BCUT2D eigenvalue weighted by Crippen LogP contribution is 2.41. The Balaban J connectivity index is 1.36. The van der Waals surface area contributed by atoms with Crippen LogP contribution in [0.1, 0.15) is 45.7 Å². The number of aromatic nitrogens is 1. The van der Waals surface area contributed by atoms with E-state index in [2.05, 4.69) is 28.3 Å². The van der Waals surface area contributed by atoms with Gasteiger partial charge in [0, 0.05) is 27.7 Å². The second-order valence-corrected chi connectivity index (χ2v) is 11.8. The summed E-state index contributed by atoms with van der Waals surface area (Å²) in [7, 11) is 0. The molecule has 0 bridgehead atoms. The van der Waals surface area contributed by atoms with Crippen molar-refractivity contribution in [3.05, 3.63) is 105 Å². The van der Waals surface area contributed by atoms with Gasteiger partial charge < -0.3 is 5.32 Å². The van der Waals surface area contributed by atoms with Gasteiger partial charge in [0.15, 0.2) is 0 Å². The molecule has 190 valence electrons. The first-order valence-corrected chi connectivity index (χ1v) is 14.4. The number of nitrogens with one attached hydrogen (secondary N) is 1. The fourth-order valence-electron chi connectivity index (χ4n) is 4.42. The number of nitrogens with zero attached hydrogens (tertiary/aromatic N) is 3. The average Bonchev–Trinajstić information content (AvgIpc) is 3.28. The molecule has 0 saturated carbocycles. The maximum absolute atomic E-state index is 13.6. The summed E-state index contributed by atoms with van der Waals surface area (Å²) in [4.78, 5) is 24.4. The second-order valence-electron chi connectivity index (χ2n) is 9.20. The molecule has 5 rings (SSSR count). The van der Waals surface area contributed by atoms with Gasteiger partial charge in [-0.1, -0.05) is 48.9 Å². The number of halogens is 1. The molecule has 0 spiro atoms. The topological polar surface area (TPSA) is 78.1 Å². The second kappa shape index (κ2) is 12.0. The lowest BCUT2D eigenvalue weighted by Gasteiger charge is -2.17. The summed E-state index contributed by atoms with van der Waals surface area (Å²) >= 11 is 9.13. The molecule has 2 aromatic heterocycles. The fourth-order valence-corrected chi connectivity index (χ4v) is 6.98. The van der Waals surface area contributed by atoms with Gasteiger partial charge in [-0.2, -0.15) is 5.26 Å². The molecule has 0 saturated heterocycles. The van der Waals surface area contributed by atoms with Crippen LogP contribution in [0.25, 0.3) is 0 Å². The van der Waals surface area contributed by atoms with E-state index in [1.807, 2.05) is 66.7 Å². The number of anilines is 1. The van der Waals surface area contributed by atoms with E-state index in [1.165, 1.54) is 16.6 Å². The summed E-state index contributed by atoms with van der Waals surface area (Å²) in [5.74, 6) is 0.454. The minimum atomic E-state index is -0.482. The summed E-state index contributed by atoms with van der Waals surface area (Å²) in [5, 5.41) is 13.6. The Morgan fingerprint density at radius 1 is 1.21 bits per heavy atom. The summed E-state index contributed by atoms with van der Waals surface area (Å²) in [6, 6.07) is 23.5. The van der Waals surface area contributed by atoms with Crippen LogP contribution in [0, 0.1) is 17.2 Å². The zero-order valence-electron chi connectivity index (χ0n) is 20.7. The number of rotatable bonds is 7. The molecule has 2 aromatic carbocycles. The van der Waals surface area contributed by atoms with Crippen molar-refractivity contribution in [2.45, 2.75) is 36.3 Å². The van der Waals surface area contributed by atoms with E-state index in [0.29, 0.717) is 21.6 Å². The maximum Gasteiger partial charge on any atom is 0.243 e. The highest BCUT2D eigenvalue weighted by Gasteiger charge is 2.28. The summed E-state index contributed by atoms with van der Waals surface area (Å²) in [6.07, 6.45) is 6.25. The molecule has 2 heterocycles. The van der Waals surface area contributed by atoms with Gasteiger partial charge in [0.1, 0.15) is 21.5 Å². The molecule has 0 unspecified atom stereocenters. The molecule has 1 amide bonds. The third kappa shape index (κ3) is 5.99. The number of aliphatic imine (C=N–C) groups is 1. The first kappa shape index (κ1) is 26.2. The van der Waals surface area contributed by atoms with Gasteiger partial charge in [-0.25, -0.2) is 4.98 Å². The lowest BCUT2D eigenvalue weighted by molar-refractivity contribution is -0.115. The van der Waals surface area contributed by atoms with Crippen molar-refractivity contribution >= 4 is 57.5 Å². The van der Waals surface area contributed by atoms with Crippen molar-refractivity contribution < 1.29 is 4.79 Å². The minimum absolute atomic E-state index is 0.141. The highest BCUT2D eigenvalue weighted by atomic mass is 35.5. The van der Waals surface area contributed by atoms with Gasteiger partial charge in [0.25, 0.3) is 0 Å². The van der Waals surface area contributed by atoms with Crippen molar-refractivity contribution in [3.8, 4) is 6.07 Å². The standard InChI is InChI=1S/C30H25ClN4OS2/c1-19-9-14-24-25(17-32)30(38-26(24)16-19)35-29(36)27(20-6-3-2-4-7-20)37-23-12-10-22(11-13-23)34-18-21-8-5-15-33-28(21)31/h2-8,10-13,15,18-19,27H,9,14,16H2,1H3,(H,35,36)/t19-,27+/m0/s1. The van der Waals surface area contributed by atoms with Crippen molar-refractivity contribution in [2.75, 3.05) is 5.32 Å². The van der Waals surface area contributed by atoms with Gasteiger partial charge >= 0.3 is 0 Å². The van der Waals surface area contributed by atoms with Gasteiger partial charge in [0.05, 0.1) is 11.3 Å². The molecule has 0 fully saturated rings. The SMILES string of the molecule is C[C@H]1CCc2c(sc(NC(=O)[C@H](Sc3ccc(N=Cc4cccnc4Cl)cc3)c3ccccc3)c2C#N)C1. The Labute approximate surface area is 235 Å². The summed E-state index contributed by atoms with van der Waals surface area (Å²) < 4.78 is 0. The number of amides is 1. The van der Waals surface area contributed by atoms with Crippen molar-refractivity contribution in [2.24, 2.45) is 10.9 Å².